The van der Waals surface area contributed by atoms with Crippen LogP contribution < -0.4 is 10.3 Å². The van der Waals surface area contributed by atoms with E-state index in [2.05, 4.69) is 4.72 Å². The summed E-state index contributed by atoms with van der Waals surface area (Å²) in [6.07, 6.45) is 0.754. The van der Waals surface area contributed by atoms with Gasteiger partial charge < -0.3 is 9.15 Å². The summed E-state index contributed by atoms with van der Waals surface area (Å²) >= 11 is 0. The first-order chi connectivity index (χ1) is 13.7. The molecule has 0 spiro atoms. The first-order valence-electron chi connectivity index (χ1n) is 8.71. The second kappa shape index (κ2) is 8.14. The normalized spacial score (nSPS) is 11.6. The zero-order chi connectivity index (χ0) is 21.2. The van der Waals surface area contributed by atoms with E-state index in [1.54, 1.807) is 12.1 Å². The number of nitrogens with one attached hydrogen (secondary N) is 1. The molecule has 29 heavy (non-hydrogen) atoms. The van der Waals surface area contributed by atoms with Crippen LogP contribution in [0, 0.1) is 5.82 Å². The highest BCUT2D eigenvalue weighted by atomic mass is 32.2. The van der Waals surface area contributed by atoms with Crippen molar-refractivity contribution in [3.63, 3.8) is 0 Å². The van der Waals surface area contributed by atoms with Gasteiger partial charge >= 0.3 is 11.6 Å². The lowest BCUT2D eigenvalue weighted by molar-refractivity contribution is 0.0468. The molecular weight excluding hydrogens is 401 g/mol. The number of hydrogen-bond acceptors (Lipinski definition) is 6. The first kappa shape index (κ1) is 20.7. The van der Waals surface area contributed by atoms with E-state index in [0.29, 0.717) is 16.5 Å². The van der Waals surface area contributed by atoms with Crippen LogP contribution >= 0.6 is 0 Å². The maximum atomic E-state index is 14.1. The average molecular weight is 419 g/mol. The van der Waals surface area contributed by atoms with Crippen LogP contribution in [0.25, 0.3) is 11.0 Å². The Bertz CT molecular complexity index is 1250. The number of fused-ring (bicyclic) bond motifs is 1. The highest BCUT2D eigenvalue weighted by molar-refractivity contribution is 7.89. The van der Waals surface area contributed by atoms with Gasteiger partial charge in [-0.15, -0.1) is 0 Å². The van der Waals surface area contributed by atoms with Gasteiger partial charge in [0.25, 0.3) is 0 Å². The summed E-state index contributed by atoms with van der Waals surface area (Å²) < 4.78 is 50.2. The van der Waals surface area contributed by atoms with E-state index in [1.807, 2.05) is 13.0 Å². The van der Waals surface area contributed by atoms with Gasteiger partial charge in [0.2, 0.25) is 10.0 Å². The molecule has 3 aromatic rings. The number of sulfonamides is 1. The summed E-state index contributed by atoms with van der Waals surface area (Å²) in [5, 5.41) is 0.585. The molecule has 0 aliphatic carbocycles. The third-order valence-corrected chi connectivity index (χ3v) is 5.81. The minimum absolute atomic E-state index is 0.272. The molecule has 0 amide bonds. The number of hydrogen-bond donors (Lipinski definition) is 1. The van der Waals surface area contributed by atoms with Crippen molar-refractivity contribution in [2.45, 2.75) is 24.8 Å². The van der Waals surface area contributed by atoms with Crippen molar-refractivity contribution in [1.82, 2.24) is 4.72 Å². The standard InChI is InChI=1S/C20H18FNO6S/c1-3-12-4-6-15-13(9-19(23)28-18(15)8-12)11-27-20(24)16-10-14(5-7-17(16)21)29(25,26)22-2/h4-10,22H,3,11H2,1-2H3. The average Bonchev–Trinajstić information content (AvgIpc) is 2.71. The number of esters is 1. The Balaban J connectivity index is 1.90. The third kappa shape index (κ3) is 4.36. The molecule has 1 aromatic heterocycles. The molecular formula is C20H18FNO6S. The molecule has 1 N–H and O–H groups in total. The summed E-state index contributed by atoms with van der Waals surface area (Å²) in [5.74, 6) is -1.97. The van der Waals surface area contributed by atoms with Crippen LogP contribution in [0.4, 0.5) is 4.39 Å². The SMILES string of the molecule is CCc1ccc2c(COC(=O)c3cc(S(=O)(=O)NC)ccc3F)cc(=O)oc2c1. The topological polar surface area (TPSA) is 103 Å². The zero-order valence-corrected chi connectivity index (χ0v) is 16.5. The molecule has 0 atom stereocenters. The van der Waals surface area contributed by atoms with Gasteiger partial charge in [-0.25, -0.2) is 27.1 Å². The maximum absolute atomic E-state index is 14.1. The van der Waals surface area contributed by atoms with E-state index >= 15 is 0 Å². The molecule has 0 aliphatic rings. The van der Waals surface area contributed by atoms with Crippen molar-refractivity contribution in [1.29, 1.82) is 0 Å². The summed E-state index contributed by atoms with van der Waals surface area (Å²) in [4.78, 5) is 23.9. The molecule has 0 unspecified atom stereocenters. The van der Waals surface area contributed by atoms with Crippen molar-refractivity contribution >= 4 is 27.0 Å². The molecule has 0 radical (unpaired) electrons. The lowest BCUT2D eigenvalue weighted by atomic mass is 10.1. The number of aryl methyl sites for hydroxylation is 1. The van der Waals surface area contributed by atoms with Gasteiger partial charge in [-0.3, -0.25) is 0 Å². The lowest BCUT2D eigenvalue weighted by Gasteiger charge is -2.10. The molecule has 1 heterocycles. The van der Waals surface area contributed by atoms with Crippen LogP contribution in [0.15, 0.2) is 56.6 Å². The summed E-state index contributed by atoms with van der Waals surface area (Å²) in [6.45, 7) is 1.65. The molecule has 152 valence electrons. The van der Waals surface area contributed by atoms with Crippen LogP contribution in [0.3, 0.4) is 0 Å². The van der Waals surface area contributed by atoms with Crippen molar-refractivity contribution in [2.24, 2.45) is 0 Å². The van der Waals surface area contributed by atoms with Gasteiger partial charge in [-0.2, -0.15) is 0 Å². The third-order valence-electron chi connectivity index (χ3n) is 4.40. The van der Waals surface area contributed by atoms with Gasteiger partial charge in [0.05, 0.1) is 10.5 Å². The number of carbonyl (C=O) groups excluding carboxylic acids is 1. The number of rotatable bonds is 6. The Morgan fingerprint density at radius 1 is 1.17 bits per heavy atom. The minimum Gasteiger partial charge on any atom is -0.457 e. The number of halogens is 1. The second-order valence-corrected chi connectivity index (χ2v) is 8.09. The molecule has 7 nitrogen and oxygen atoms in total. The Labute approximate surface area is 166 Å². The number of benzene rings is 2. The van der Waals surface area contributed by atoms with E-state index in [4.69, 9.17) is 9.15 Å². The number of ether oxygens (including phenoxy) is 1. The van der Waals surface area contributed by atoms with Crippen molar-refractivity contribution in [3.8, 4) is 0 Å². The van der Waals surface area contributed by atoms with E-state index in [-0.39, 0.29) is 11.5 Å². The zero-order valence-electron chi connectivity index (χ0n) is 15.7. The fourth-order valence-corrected chi connectivity index (χ4v) is 3.54. The smallest absolute Gasteiger partial charge is 0.341 e. The number of carbonyl (C=O) groups is 1. The summed E-state index contributed by atoms with van der Waals surface area (Å²) in [6, 6.07) is 9.35. The molecule has 0 fully saturated rings. The van der Waals surface area contributed by atoms with Gasteiger partial charge in [-0.1, -0.05) is 19.1 Å². The monoisotopic (exact) mass is 419 g/mol. The molecule has 2 aromatic carbocycles. The molecule has 0 saturated carbocycles. The molecule has 0 saturated heterocycles. The molecule has 0 aliphatic heterocycles. The van der Waals surface area contributed by atoms with Crippen molar-refractivity contribution < 1.29 is 26.8 Å². The second-order valence-electron chi connectivity index (χ2n) is 6.20. The molecule has 9 heteroatoms. The van der Waals surface area contributed by atoms with Crippen molar-refractivity contribution in [2.75, 3.05) is 7.05 Å². The van der Waals surface area contributed by atoms with E-state index in [9.17, 15) is 22.4 Å². The van der Waals surface area contributed by atoms with E-state index in [0.717, 1.165) is 30.2 Å². The van der Waals surface area contributed by atoms with Crippen molar-refractivity contribution in [3.05, 3.63) is 75.4 Å². The van der Waals surface area contributed by atoms with Crippen LogP contribution in [-0.4, -0.2) is 21.4 Å². The first-order valence-corrected chi connectivity index (χ1v) is 10.2. The molecule has 0 bridgehead atoms. The van der Waals surface area contributed by atoms with Gasteiger partial charge in [0.1, 0.15) is 18.0 Å². The lowest BCUT2D eigenvalue weighted by Crippen LogP contribution is -2.19. The Morgan fingerprint density at radius 2 is 1.93 bits per heavy atom. The fraction of sp³-hybridized carbons (Fsp3) is 0.200. The van der Waals surface area contributed by atoms with Crippen LogP contribution in [0.5, 0.6) is 0 Å². The maximum Gasteiger partial charge on any atom is 0.341 e. The molecule has 3 rings (SSSR count). The predicted molar refractivity (Wildman–Crippen MR) is 104 cm³/mol. The Morgan fingerprint density at radius 3 is 2.62 bits per heavy atom. The largest absolute Gasteiger partial charge is 0.457 e. The summed E-state index contributed by atoms with van der Waals surface area (Å²) in [7, 11) is -2.66. The van der Waals surface area contributed by atoms with Gasteiger partial charge in [-0.05, 0) is 43.3 Å². The van der Waals surface area contributed by atoms with Gasteiger partial charge in [0.15, 0.2) is 0 Å². The highest BCUT2D eigenvalue weighted by Crippen LogP contribution is 2.21. The van der Waals surface area contributed by atoms with Crippen LogP contribution in [-0.2, 0) is 27.8 Å². The Kier molecular flexibility index (Phi) is 5.81. The Hall–Kier alpha value is -3.04. The quantitative estimate of drug-likeness (QED) is 0.487. The minimum atomic E-state index is -3.86. The predicted octanol–water partition coefficient (Wildman–Crippen LogP) is 2.76. The summed E-state index contributed by atoms with van der Waals surface area (Å²) in [5.41, 5.74) is 0.592. The fourth-order valence-electron chi connectivity index (χ4n) is 2.78. The van der Waals surface area contributed by atoms with E-state index < -0.39 is 33.0 Å². The highest BCUT2D eigenvalue weighted by Gasteiger charge is 2.20. The van der Waals surface area contributed by atoms with Crippen LogP contribution in [0.1, 0.15) is 28.4 Å². The van der Waals surface area contributed by atoms with Crippen LogP contribution in [0.2, 0.25) is 0 Å². The van der Waals surface area contributed by atoms with E-state index in [1.165, 1.54) is 13.1 Å². The van der Waals surface area contributed by atoms with Gasteiger partial charge in [0, 0.05) is 17.0 Å².